The molecule has 1 aromatic carbocycles. The van der Waals surface area contributed by atoms with E-state index in [9.17, 15) is 9.59 Å². The molecule has 0 bridgehead atoms. The number of amides is 3. The highest BCUT2D eigenvalue weighted by molar-refractivity contribution is 5.93. The second-order valence-corrected chi connectivity index (χ2v) is 7.04. The van der Waals surface area contributed by atoms with Gasteiger partial charge in [-0.1, -0.05) is 12.1 Å². The summed E-state index contributed by atoms with van der Waals surface area (Å²) in [4.78, 5) is 28.3. The van der Waals surface area contributed by atoms with Gasteiger partial charge in [-0.25, -0.2) is 4.79 Å². The minimum atomic E-state index is -0.100. The highest BCUT2D eigenvalue weighted by Gasteiger charge is 2.28. The van der Waals surface area contributed by atoms with Crippen LogP contribution < -0.4 is 10.6 Å². The Morgan fingerprint density at radius 1 is 1.12 bits per heavy atom. The molecular weight excluding hydrogens is 316 g/mol. The molecule has 1 atom stereocenters. The number of nitrogens with zero attached hydrogens (tertiary/aromatic N) is 2. The maximum absolute atomic E-state index is 12.4. The Labute approximate surface area is 149 Å². The number of carbonyl (C=O) groups is 2. The van der Waals surface area contributed by atoms with Crippen LogP contribution in [0.5, 0.6) is 0 Å². The van der Waals surface area contributed by atoms with Crippen molar-refractivity contribution in [2.45, 2.75) is 25.8 Å². The highest BCUT2D eigenvalue weighted by Crippen LogP contribution is 2.20. The third kappa shape index (κ3) is 4.72. The van der Waals surface area contributed by atoms with Gasteiger partial charge in [0.15, 0.2) is 0 Å². The number of hydrogen-bond acceptors (Lipinski definition) is 3. The Kier molecular flexibility index (Phi) is 5.91. The lowest BCUT2D eigenvalue weighted by Crippen LogP contribution is -2.39. The van der Waals surface area contributed by atoms with Crippen LogP contribution in [0.3, 0.4) is 0 Å². The molecule has 2 aliphatic rings. The van der Waals surface area contributed by atoms with Crippen molar-refractivity contribution in [2.24, 2.45) is 5.92 Å². The van der Waals surface area contributed by atoms with Crippen LogP contribution >= 0.6 is 0 Å². The Bertz CT molecular complexity index is 596. The first-order valence-corrected chi connectivity index (χ1v) is 9.22. The van der Waals surface area contributed by atoms with Crippen LogP contribution in [0.4, 0.5) is 4.79 Å². The summed E-state index contributed by atoms with van der Waals surface area (Å²) in [5, 5.41) is 5.59. The molecule has 0 spiro atoms. The summed E-state index contributed by atoms with van der Waals surface area (Å²) < 4.78 is 0. The molecule has 2 aliphatic heterocycles. The van der Waals surface area contributed by atoms with Gasteiger partial charge in [0.1, 0.15) is 0 Å². The molecule has 2 saturated heterocycles. The zero-order valence-electron chi connectivity index (χ0n) is 15.0. The topological polar surface area (TPSA) is 64.7 Å². The van der Waals surface area contributed by atoms with Gasteiger partial charge in [-0.05, 0) is 56.0 Å². The zero-order valence-corrected chi connectivity index (χ0v) is 15.0. The predicted molar refractivity (Wildman–Crippen MR) is 97.4 cm³/mol. The standard InChI is InChI=1S/C19H28N4O2/c1-20-18(24)17-6-4-15(5-7-17)12-21-19(25)23-11-8-16(14-23)13-22-9-2-3-10-22/h4-7,16H,2-3,8-14H2,1H3,(H,20,24)(H,21,25). The fraction of sp³-hybridized carbons (Fsp3) is 0.579. The van der Waals surface area contributed by atoms with E-state index in [2.05, 4.69) is 15.5 Å². The summed E-state index contributed by atoms with van der Waals surface area (Å²) in [5.74, 6) is 0.507. The summed E-state index contributed by atoms with van der Waals surface area (Å²) in [6, 6.07) is 7.33. The van der Waals surface area contributed by atoms with Gasteiger partial charge in [-0.3, -0.25) is 4.79 Å². The maximum Gasteiger partial charge on any atom is 0.317 e. The summed E-state index contributed by atoms with van der Waals surface area (Å²) in [6.07, 6.45) is 3.73. The van der Waals surface area contributed by atoms with Crippen molar-refractivity contribution in [3.8, 4) is 0 Å². The summed E-state index contributed by atoms with van der Waals surface area (Å²) in [6.45, 7) is 5.76. The van der Waals surface area contributed by atoms with Crippen LogP contribution in [-0.4, -0.2) is 61.5 Å². The number of benzene rings is 1. The summed E-state index contributed by atoms with van der Waals surface area (Å²) in [5.41, 5.74) is 1.62. The lowest BCUT2D eigenvalue weighted by atomic mass is 10.1. The van der Waals surface area contributed by atoms with Gasteiger partial charge in [0, 0.05) is 38.8 Å². The van der Waals surface area contributed by atoms with E-state index >= 15 is 0 Å². The van der Waals surface area contributed by atoms with Crippen LogP contribution in [0, 0.1) is 5.92 Å². The van der Waals surface area contributed by atoms with Crippen molar-refractivity contribution >= 4 is 11.9 Å². The molecule has 1 aromatic rings. The lowest BCUT2D eigenvalue weighted by Gasteiger charge is -2.21. The van der Waals surface area contributed by atoms with Crippen molar-refractivity contribution in [1.29, 1.82) is 0 Å². The molecule has 1 unspecified atom stereocenters. The third-order valence-electron chi connectivity index (χ3n) is 5.18. The van der Waals surface area contributed by atoms with E-state index in [4.69, 9.17) is 0 Å². The molecule has 136 valence electrons. The van der Waals surface area contributed by atoms with Crippen molar-refractivity contribution in [1.82, 2.24) is 20.4 Å². The molecule has 0 aromatic heterocycles. The van der Waals surface area contributed by atoms with E-state index in [0.29, 0.717) is 18.0 Å². The molecule has 6 heteroatoms. The van der Waals surface area contributed by atoms with Gasteiger partial charge in [-0.2, -0.15) is 0 Å². The SMILES string of the molecule is CNC(=O)c1ccc(CNC(=O)N2CCC(CN3CCCC3)C2)cc1. The quantitative estimate of drug-likeness (QED) is 0.854. The monoisotopic (exact) mass is 344 g/mol. The molecule has 0 radical (unpaired) electrons. The second-order valence-electron chi connectivity index (χ2n) is 7.04. The largest absolute Gasteiger partial charge is 0.355 e. The molecule has 2 N–H and O–H groups in total. The lowest BCUT2D eigenvalue weighted by molar-refractivity contribution is 0.0963. The first-order valence-electron chi connectivity index (χ1n) is 9.22. The first kappa shape index (κ1) is 17.7. The number of hydrogen-bond donors (Lipinski definition) is 2. The molecule has 25 heavy (non-hydrogen) atoms. The average molecular weight is 344 g/mol. The minimum Gasteiger partial charge on any atom is -0.355 e. The zero-order chi connectivity index (χ0) is 17.6. The Balaban J connectivity index is 1.42. The Morgan fingerprint density at radius 2 is 1.84 bits per heavy atom. The van der Waals surface area contributed by atoms with Crippen LogP contribution in [0.15, 0.2) is 24.3 Å². The number of carbonyl (C=O) groups excluding carboxylic acids is 2. The van der Waals surface area contributed by atoms with E-state index in [-0.39, 0.29) is 11.9 Å². The van der Waals surface area contributed by atoms with Gasteiger partial charge in [0.05, 0.1) is 0 Å². The van der Waals surface area contributed by atoms with Gasteiger partial charge in [0.25, 0.3) is 5.91 Å². The van der Waals surface area contributed by atoms with Crippen molar-refractivity contribution < 1.29 is 9.59 Å². The third-order valence-corrected chi connectivity index (χ3v) is 5.18. The predicted octanol–water partition coefficient (Wildman–Crippen LogP) is 1.67. The molecule has 0 saturated carbocycles. The number of nitrogens with one attached hydrogen (secondary N) is 2. The molecular formula is C19H28N4O2. The molecule has 3 rings (SSSR count). The van der Waals surface area contributed by atoms with Gasteiger partial charge in [-0.15, -0.1) is 0 Å². The van der Waals surface area contributed by atoms with E-state index in [0.717, 1.165) is 31.6 Å². The fourth-order valence-corrected chi connectivity index (χ4v) is 3.70. The molecule has 0 aliphatic carbocycles. The summed E-state index contributed by atoms with van der Waals surface area (Å²) in [7, 11) is 1.61. The number of urea groups is 1. The van der Waals surface area contributed by atoms with Gasteiger partial charge < -0.3 is 20.4 Å². The Hall–Kier alpha value is -2.08. The summed E-state index contributed by atoms with van der Waals surface area (Å²) >= 11 is 0. The highest BCUT2D eigenvalue weighted by atomic mass is 16.2. The van der Waals surface area contributed by atoms with Crippen LogP contribution in [0.2, 0.25) is 0 Å². The van der Waals surface area contributed by atoms with Crippen molar-refractivity contribution in [2.75, 3.05) is 39.8 Å². The van der Waals surface area contributed by atoms with Crippen molar-refractivity contribution in [3.05, 3.63) is 35.4 Å². The average Bonchev–Trinajstić information content (AvgIpc) is 3.32. The molecule has 6 nitrogen and oxygen atoms in total. The maximum atomic E-state index is 12.4. The second kappa shape index (κ2) is 8.34. The fourth-order valence-electron chi connectivity index (χ4n) is 3.70. The van der Waals surface area contributed by atoms with Crippen LogP contribution in [-0.2, 0) is 6.54 Å². The molecule has 2 fully saturated rings. The Morgan fingerprint density at radius 3 is 2.52 bits per heavy atom. The van der Waals surface area contributed by atoms with Crippen molar-refractivity contribution in [3.63, 3.8) is 0 Å². The van der Waals surface area contributed by atoms with Crippen LogP contribution in [0.1, 0.15) is 35.2 Å². The van der Waals surface area contributed by atoms with Gasteiger partial charge >= 0.3 is 6.03 Å². The van der Waals surface area contributed by atoms with E-state index in [1.165, 1.54) is 25.9 Å². The van der Waals surface area contributed by atoms with Crippen LogP contribution in [0.25, 0.3) is 0 Å². The van der Waals surface area contributed by atoms with E-state index in [1.807, 2.05) is 17.0 Å². The van der Waals surface area contributed by atoms with Gasteiger partial charge in [0.2, 0.25) is 0 Å². The van der Waals surface area contributed by atoms with E-state index in [1.54, 1.807) is 19.2 Å². The smallest absolute Gasteiger partial charge is 0.317 e. The number of likely N-dealkylation sites (tertiary alicyclic amines) is 2. The van der Waals surface area contributed by atoms with E-state index < -0.39 is 0 Å². The normalized spacial score (nSPS) is 20.7. The number of rotatable bonds is 5. The first-order chi connectivity index (χ1) is 12.2. The molecule has 2 heterocycles. The minimum absolute atomic E-state index is 0.0132. The molecule has 3 amide bonds.